The Labute approximate surface area is 88.0 Å². The first-order valence-corrected chi connectivity index (χ1v) is 4.86. The molecule has 0 radical (unpaired) electrons. The Balaban J connectivity index is 2.05. The summed E-state index contributed by atoms with van der Waals surface area (Å²) >= 11 is 0. The molecule has 2 heterocycles. The fourth-order valence-electron chi connectivity index (χ4n) is 1.59. The highest BCUT2D eigenvalue weighted by Crippen LogP contribution is 2.27. The van der Waals surface area contributed by atoms with Gasteiger partial charge in [0.15, 0.2) is 5.69 Å². The van der Waals surface area contributed by atoms with Gasteiger partial charge in [-0.1, -0.05) is 6.92 Å². The summed E-state index contributed by atoms with van der Waals surface area (Å²) in [6, 6.07) is 1.92. The van der Waals surface area contributed by atoms with Crippen molar-refractivity contribution >= 4 is 5.82 Å². The summed E-state index contributed by atoms with van der Waals surface area (Å²) in [5, 5.41) is 18.4. The van der Waals surface area contributed by atoms with E-state index in [1.165, 1.54) is 6.20 Å². The lowest BCUT2D eigenvalue weighted by molar-refractivity contribution is 0.00803. The average molecular weight is 204 g/mol. The third-order valence-corrected chi connectivity index (χ3v) is 2.71. The van der Waals surface area contributed by atoms with E-state index in [0.717, 1.165) is 6.42 Å². The Hall–Kier alpha value is -1.67. The van der Waals surface area contributed by atoms with E-state index in [2.05, 4.69) is 9.97 Å². The summed E-state index contributed by atoms with van der Waals surface area (Å²) in [5.41, 5.74) is -0.264. The molecule has 0 atom stereocenters. The van der Waals surface area contributed by atoms with Gasteiger partial charge in [0.05, 0.1) is 31.1 Å². The minimum atomic E-state index is -0.574. The number of hydrogen-bond donors (Lipinski definition) is 1. The monoisotopic (exact) mass is 204 g/mol. The van der Waals surface area contributed by atoms with Crippen LogP contribution in [0, 0.1) is 11.3 Å². The van der Waals surface area contributed by atoms with E-state index in [1.54, 1.807) is 6.20 Å². The molecule has 1 N–H and O–H groups in total. The van der Waals surface area contributed by atoms with Crippen LogP contribution in [0.5, 0.6) is 0 Å². The fraction of sp³-hybridized carbons (Fsp3) is 0.500. The molecule has 0 amide bonds. The van der Waals surface area contributed by atoms with Crippen molar-refractivity contribution < 1.29 is 5.11 Å². The zero-order chi connectivity index (χ0) is 10.9. The Bertz CT molecular complexity index is 389. The molecule has 1 aliphatic rings. The number of aromatic nitrogens is 2. The molecule has 0 saturated carbocycles. The van der Waals surface area contributed by atoms with Crippen molar-refractivity contribution in [1.29, 1.82) is 5.26 Å². The van der Waals surface area contributed by atoms with Gasteiger partial charge in [0.1, 0.15) is 11.9 Å². The molecule has 1 aromatic heterocycles. The van der Waals surface area contributed by atoms with Gasteiger partial charge in [-0.25, -0.2) is 9.97 Å². The molecule has 2 rings (SSSR count). The topological polar surface area (TPSA) is 73.0 Å². The number of nitrogens with zero attached hydrogens (tertiary/aromatic N) is 4. The van der Waals surface area contributed by atoms with Gasteiger partial charge in [-0.2, -0.15) is 5.26 Å². The fourth-order valence-corrected chi connectivity index (χ4v) is 1.59. The van der Waals surface area contributed by atoms with Crippen LogP contribution in [0.15, 0.2) is 12.4 Å². The molecular formula is C10H12N4O. The van der Waals surface area contributed by atoms with E-state index in [-0.39, 0.29) is 0 Å². The molecule has 15 heavy (non-hydrogen) atoms. The van der Waals surface area contributed by atoms with Gasteiger partial charge in [0, 0.05) is 0 Å². The zero-order valence-electron chi connectivity index (χ0n) is 8.51. The largest absolute Gasteiger partial charge is 0.386 e. The van der Waals surface area contributed by atoms with Crippen molar-refractivity contribution in [3.8, 4) is 6.07 Å². The molecule has 0 aliphatic carbocycles. The molecule has 5 heteroatoms. The number of β-amino-alcohol motifs (C(OH)–C–C–N with tert-alkyl or cyclic N) is 1. The molecule has 1 aromatic rings. The second-order valence-electron chi connectivity index (χ2n) is 3.81. The Morgan fingerprint density at radius 2 is 2.27 bits per heavy atom. The number of nitriles is 1. The standard InChI is InChI=1S/C10H12N4O/c1-2-10(15)6-14(7-10)9-5-12-8(3-11)4-13-9/h4-5,15H,2,6-7H2,1H3. The molecule has 0 aromatic carbocycles. The Kier molecular flexibility index (Phi) is 2.29. The summed E-state index contributed by atoms with van der Waals surface area (Å²) in [5.74, 6) is 0.715. The maximum atomic E-state index is 9.81. The Morgan fingerprint density at radius 1 is 1.53 bits per heavy atom. The van der Waals surface area contributed by atoms with Gasteiger partial charge in [-0.3, -0.25) is 0 Å². The van der Waals surface area contributed by atoms with Gasteiger partial charge in [-0.05, 0) is 6.42 Å². The molecule has 5 nitrogen and oxygen atoms in total. The molecular weight excluding hydrogens is 192 g/mol. The minimum absolute atomic E-state index is 0.310. The van der Waals surface area contributed by atoms with Crippen LogP contribution < -0.4 is 4.90 Å². The number of rotatable bonds is 2. The van der Waals surface area contributed by atoms with Crippen LogP contribution >= 0.6 is 0 Å². The van der Waals surface area contributed by atoms with Crippen molar-refractivity contribution in [2.24, 2.45) is 0 Å². The van der Waals surface area contributed by atoms with Crippen molar-refractivity contribution in [3.05, 3.63) is 18.1 Å². The number of aliphatic hydroxyl groups is 1. The lowest BCUT2D eigenvalue weighted by atomic mass is 9.91. The SMILES string of the molecule is CCC1(O)CN(c2cnc(C#N)cn2)C1. The minimum Gasteiger partial charge on any atom is -0.386 e. The molecule has 0 unspecified atom stereocenters. The summed E-state index contributed by atoms with van der Waals surface area (Å²) < 4.78 is 0. The van der Waals surface area contributed by atoms with Crippen molar-refractivity contribution in [1.82, 2.24) is 9.97 Å². The van der Waals surface area contributed by atoms with Gasteiger partial charge in [0.25, 0.3) is 0 Å². The zero-order valence-corrected chi connectivity index (χ0v) is 8.51. The second-order valence-corrected chi connectivity index (χ2v) is 3.81. The van der Waals surface area contributed by atoms with Crippen LogP contribution in [0.4, 0.5) is 5.82 Å². The van der Waals surface area contributed by atoms with E-state index in [1.807, 2.05) is 17.9 Å². The first kappa shape index (κ1) is 9.87. The molecule has 1 saturated heterocycles. The van der Waals surface area contributed by atoms with Gasteiger partial charge < -0.3 is 10.0 Å². The van der Waals surface area contributed by atoms with Gasteiger partial charge in [0.2, 0.25) is 0 Å². The van der Waals surface area contributed by atoms with Crippen LogP contribution in [-0.4, -0.2) is 33.8 Å². The summed E-state index contributed by atoms with van der Waals surface area (Å²) in [4.78, 5) is 9.97. The third-order valence-electron chi connectivity index (χ3n) is 2.71. The van der Waals surface area contributed by atoms with E-state index >= 15 is 0 Å². The smallest absolute Gasteiger partial charge is 0.158 e. The van der Waals surface area contributed by atoms with E-state index in [9.17, 15) is 5.11 Å². The van der Waals surface area contributed by atoms with Gasteiger partial charge in [-0.15, -0.1) is 0 Å². The van der Waals surface area contributed by atoms with Crippen LogP contribution in [0.3, 0.4) is 0 Å². The highest BCUT2D eigenvalue weighted by molar-refractivity contribution is 5.42. The van der Waals surface area contributed by atoms with E-state index in [0.29, 0.717) is 24.6 Å². The molecule has 1 fully saturated rings. The van der Waals surface area contributed by atoms with Crippen molar-refractivity contribution in [2.75, 3.05) is 18.0 Å². The summed E-state index contributed by atoms with van der Waals surface area (Å²) in [6.07, 6.45) is 3.75. The molecule has 78 valence electrons. The van der Waals surface area contributed by atoms with Crippen molar-refractivity contribution in [3.63, 3.8) is 0 Å². The lowest BCUT2D eigenvalue weighted by Gasteiger charge is -2.46. The molecule has 0 bridgehead atoms. The van der Waals surface area contributed by atoms with Crippen LogP contribution in [-0.2, 0) is 0 Å². The predicted molar refractivity (Wildman–Crippen MR) is 54.2 cm³/mol. The third kappa shape index (κ3) is 1.76. The van der Waals surface area contributed by atoms with Crippen molar-refractivity contribution in [2.45, 2.75) is 18.9 Å². The second kappa shape index (κ2) is 3.48. The first-order chi connectivity index (χ1) is 7.17. The maximum absolute atomic E-state index is 9.81. The normalized spacial score (nSPS) is 18.1. The predicted octanol–water partition coefficient (Wildman–Crippen LogP) is 0.309. The van der Waals surface area contributed by atoms with Crippen LogP contribution in [0.2, 0.25) is 0 Å². The van der Waals surface area contributed by atoms with Crippen LogP contribution in [0.25, 0.3) is 0 Å². The number of hydrogen-bond acceptors (Lipinski definition) is 5. The quantitative estimate of drug-likeness (QED) is 0.750. The summed E-state index contributed by atoms with van der Waals surface area (Å²) in [7, 11) is 0. The van der Waals surface area contributed by atoms with E-state index < -0.39 is 5.60 Å². The lowest BCUT2D eigenvalue weighted by Crippen LogP contribution is -2.61. The van der Waals surface area contributed by atoms with E-state index in [4.69, 9.17) is 5.26 Å². The van der Waals surface area contributed by atoms with Crippen LogP contribution in [0.1, 0.15) is 19.0 Å². The molecule has 1 aliphatic heterocycles. The van der Waals surface area contributed by atoms with Gasteiger partial charge >= 0.3 is 0 Å². The average Bonchev–Trinajstić information content (AvgIpc) is 2.25. The first-order valence-electron chi connectivity index (χ1n) is 4.86. The summed E-state index contributed by atoms with van der Waals surface area (Å²) in [6.45, 7) is 3.13. The molecule has 0 spiro atoms. The number of anilines is 1. The highest BCUT2D eigenvalue weighted by Gasteiger charge is 2.40. The maximum Gasteiger partial charge on any atom is 0.158 e. The highest BCUT2D eigenvalue weighted by atomic mass is 16.3. The Morgan fingerprint density at radius 3 is 2.73 bits per heavy atom.